The molecule has 1 aromatic carbocycles. The fourth-order valence-corrected chi connectivity index (χ4v) is 5.04. The van der Waals surface area contributed by atoms with E-state index in [0.29, 0.717) is 5.41 Å². The summed E-state index contributed by atoms with van der Waals surface area (Å²) in [5.74, 6) is 1.68. The van der Waals surface area contributed by atoms with Crippen LogP contribution in [0.5, 0.6) is 0 Å². The molecule has 0 spiro atoms. The normalized spacial score (nSPS) is 25.4. The molecule has 0 aromatic heterocycles. The van der Waals surface area contributed by atoms with Gasteiger partial charge in [-0.3, -0.25) is 6.08 Å². The van der Waals surface area contributed by atoms with Crippen LogP contribution >= 0.6 is 0 Å². The van der Waals surface area contributed by atoms with Crippen molar-refractivity contribution in [2.45, 2.75) is 84.0 Å². The molecule has 0 radical (unpaired) electrons. The van der Waals surface area contributed by atoms with Crippen LogP contribution in [0, 0.1) is 17.9 Å². The first kappa shape index (κ1) is 27.3. The van der Waals surface area contributed by atoms with Crippen molar-refractivity contribution in [1.29, 1.82) is 0 Å². The Morgan fingerprint density at radius 1 is 1.15 bits per heavy atom. The van der Waals surface area contributed by atoms with E-state index in [0.717, 1.165) is 18.3 Å². The van der Waals surface area contributed by atoms with E-state index in [1.807, 2.05) is 12.2 Å². The largest absolute Gasteiger partial charge is 4.00 e. The Morgan fingerprint density at radius 2 is 1.89 bits per heavy atom. The summed E-state index contributed by atoms with van der Waals surface area (Å²) in [6.07, 6.45) is 21.2. The summed E-state index contributed by atoms with van der Waals surface area (Å²) >= 11 is 0. The molecule has 3 heteroatoms. The fraction of sp³-hybridized carbons (Fsp3) is 0.625. The van der Waals surface area contributed by atoms with Gasteiger partial charge in [-0.25, -0.2) is 18.2 Å². The topological polar surface area (TPSA) is 0 Å². The molecule has 0 heterocycles. The minimum Gasteiger partial charge on any atom is -1.00 e. The Bertz CT molecular complexity index is 566. The average Bonchev–Trinajstić information content (AvgIpc) is 3.27. The molecule has 2 atom stereocenters. The number of hydrogen-bond donors (Lipinski definition) is 0. The van der Waals surface area contributed by atoms with Crippen molar-refractivity contribution in [3.8, 4) is 0 Å². The predicted molar refractivity (Wildman–Crippen MR) is 104 cm³/mol. The van der Waals surface area contributed by atoms with Gasteiger partial charge in [0.1, 0.15) is 0 Å². The van der Waals surface area contributed by atoms with Crippen molar-refractivity contribution in [2.75, 3.05) is 0 Å². The predicted octanol–water partition coefficient (Wildman–Crippen LogP) is 0.699. The Hall–Kier alpha value is 0.293. The van der Waals surface area contributed by atoms with Crippen LogP contribution < -0.4 is 24.8 Å². The molecule has 1 saturated carbocycles. The smallest absolute Gasteiger partial charge is 1.00 e. The van der Waals surface area contributed by atoms with Gasteiger partial charge in [0.25, 0.3) is 0 Å². The summed E-state index contributed by atoms with van der Waals surface area (Å²) < 4.78 is 0. The molecule has 3 aliphatic rings. The number of rotatable bonds is 2. The summed E-state index contributed by atoms with van der Waals surface area (Å²) in [7, 11) is 0. The van der Waals surface area contributed by atoms with Crippen molar-refractivity contribution in [1.82, 2.24) is 0 Å². The molecule has 3 aliphatic carbocycles. The molecule has 0 aliphatic heterocycles. The molecule has 148 valence electrons. The Morgan fingerprint density at radius 3 is 2.41 bits per heavy atom. The fourth-order valence-electron chi connectivity index (χ4n) is 5.04. The second-order valence-electron chi connectivity index (χ2n) is 8.52. The second kappa shape index (κ2) is 12.8. The van der Waals surface area contributed by atoms with Gasteiger partial charge < -0.3 is 24.8 Å². The van der Waals surface area contributed by atoms with Crippen LogP contribution in [-0.4, -0.2) is 0 Å². The van der Waals surface area contributed by atoms with E-state index >= 15 is 0 Å². The number of halogens is 2. The molecule has 1 fully saturated rings. The second-order valence-corrected chi connectivity index (χ2v) is 8.52. The van der Waals surface area contributed by atoms with E-state index in [2.05, 4.69) is 45.1 Å². The van der Waals surface area contributed by atoms with E-state index in [9.17, 15) is 0 Å². The SMILES string of the molecule is CC(C)C1(c2cc3c([cH-]2)CCCC3)CCC[C@@H](C)C1.[C-]1=CC=CC1.[Cl-].[Cl-].[Zr+4]. The standard InChI is InChI=1S/C19H29.C5H5.2ClH.Zr/c1-14(2)19(10-6-7-15(3)13-19)18-11-16-8-4-5-9-17(16)12-18;1-2-4-5-3-1;;;/h11-12,14-15H,4-10,13H2,1-3H3;1-3H,4H2;2*1H;/q2*-1;;;+4/p-2/t15-,19?;;;;/m1..../s1. The molecule has 0 N–H and O–H groups in total. The van der Waals surface area contributed by atoms with E-state index in [1.165, 1.54) is 51.4 Å². The quantitative estimate of drug-likeness (QED) is 0.543. The first-order chi connectivity index (χ1) is 11.6. The third-order valence-corrected chi connectivity index (χ3v) is 6.51. The molecule has 1 unspecified atom stereocenters. The van der Waals surface area contributed by atoms with Gasteiger partial charge in [-0.2, -0.15) is 28.8 Å². The van der Waals surface area contributed by atoms with Crippen LogP contribution in [0.25, 0.3) is 0 Å². The first-order valence-corrected chi connectivity index (χ1v) is 10.1. The van der Waals surface area contributed by atoms with Gasteiger partial charge in [0, 0.05) is 0 Å². The van der Waals surface area contributed by atoms with Crippen molar-refractivity contribution in [2.24, 2.45) is 11.8 Å². The van der Waals surface area contributed by atoms with Crippen molar-refractivity contribution in [3.05, 3.63) is 53.1 Å². The average molecular weight is 485 g/mol. The van der Waals surface area contributed by atoms with Crippen molar-refractivity contribution < 1.29 is 51.0 Å². The molecule has 27 heavy (non-hydrogen) atoms. The van der Waals surface area contributed by atoms with E-state index in [4.69, 9.17) is 0 Å². The van der Waals surface area contributed by atoms with Gasteiger partial charge >= 0.3 is 26.2 Å². The molecule has 0 saturated heterocycles. The van der Waals surface area contributed by atoms with Gasteiger partial charge in [-0.1, -0.05) is 59.3 Å². The number of fused-ring (bicyclic) bond motifs is 1. The van der Waals surface area contributed by atoms with Gasteiger partial charge in [-0.15, -0.1) is 6.42 Å². The summed E-state index contributed by atoms with van der Waals surface area (Å²) in [6, 6.07) is 5.18. The van der Waals surface area contributed by atoms with Crippen molar-refractivity contribution in [3.63, 3.8) is 0 Å². The zero-order chi connectivity index (χ0) is 17.0. The summed E-state index contributed by atoms with van der Waals surface area (Å²) in [4.78, 5) is 0. The summed E-state index contributed by atoms with van der Waals surface area (Å²) in [5.41, 5.74) is 5.54. The zero-order valence-electron chi connectivity index (χ0n) is 17.2. The van der Waals surface area contributed by atoms with Gasteiger partial charge in [0.2, 0.25) is 0 Å². The third-order valence-electron chi connectivity index (χ3n) is 6.51. The van der Waals surface area contributed by atoms with Gasteiger partial charge in [-0.05, 0) is 30.1 Å². The summed E-state index contributed by atoms with van der Waals surface area (Å²) in [5, 5.41) is 0. The zero-order valence-corrected chi connectivity index (χ0v) is 21.1. The van der Waals surface area contributed by atoms with E-state index in [-0.39, 0.29) is 51.0 Å². The Kier molecular flexibility index (Phi) is 12.9. The molecule has 1 aromatic rings. The minimum absolute atomic E-state index is 0. The number of aryl methyl sites for hydroxylation is 2. The monoisotopic (exact) mass is 482 g/mol. The molecular weight excluding hydrogens is 450 g/mol. The van der Waals surface area contributed by atoms with Crippen LogP contribution in [0.4, 0.5) is 0 Å². The molecule has 0 nitrogen and oxygen atoms in total. The van der Waals surface area contributed by atoms with Crippen molar-refractivity contribution >= 4 is 0 Å². The maximum atomic E-state index is 2.99. The minimum atomic E-state index is 0. The van der Waals surface area contributed by atoms with E-state index < -0.39 is 0 Å². The van der Waals surface area contributed by atoms with E-state index in [1.54, 1.807) is 16.7 Å². The van der Waals surface area contributed by atoms with Crippen LogP contribution in [0.15, 0.2) is 30.4 Å². The maximum Gasteiger partial charge on any atom is 4.00 e. The molecule has 4 rings (SSSR count). The van der Waals surface area contributed by atoms with Crippen LogP contribution in [0.3, 0.4) is 0 Å². The molecule has 0 amide bonds. The van der Waals surface area contributed by atoms with Crippen LogP contribution in [0.2, 0.25) is 0 Å². The van der Waals surface area contributed by atoms with Crippen LogP contribution in [0.1, 0.15) is 82.4 Å². The van der Waals surface area contributed by atoms with Crippen LogP contribution in [-0.2, 0) is 44.5 Å². The van der Waals surface area contributed by atoms with Gasteiger partial charge in [0.05, 0.1) is 0 Å². The summed E-state index contributed by atoms with van der Waals surface area (Å²) in [6.45, 7) is 7.35. The molecular formula is C24H34Cl2Zr. The maximum absolute atomic E-state index is 2.99. The Balaban J connectivity index is 0.000000742. The number of allylic oxidation sites excluding steroid dienone is 4. The Labute approximate surface area is 199 Å². The number of hydrogen-bond acceptors (Lipinski definition) is 0. The first-order valence-electron chi connectivity index (χ1n) is 10.1. The molecule has 0 bridgehead atoms. The van der Waals surface area contributed by atoms with Gasteiger partial charge in [0.15, 0.2) is 0 Å². The third kappa shape index (κ3) is 6.65.